The molecule has 3 rings (SSSR count). The maximum atomic E-state index is 14.0. The molecule has 0 saturated heterocycles. The van der Waals surface area contributed by atoms with Crippen LogP contribution in [0.3, 0.4) is 0 Å². The standard InChI is InChI=1S/C30H37N3O6S/c1-6-19-31-30(35)23(3)32(20-24-13-15-25(38-4)16-14-24)29(34)21-33(27-9-7-8-10-28(27)39-5)40(36,37)26-17-11-22(2)12-18-26/h7-18,23H,6,19-21H2,1-5H3,(H,31,35)/t23-/m0/s1. The Morgan fingerprint density at radius 3 is 2.17 bits per heavy atom. The first-order valence-corrected chi connectivity index (χ1v) is 14.5. The van der Waals surface area contributed by atoms with Crippen LogP contribution in [0, 0.1) is 6.92 Å². The van der Waals surface area contributed by atoms with E-state index in [-0.39, 0.29) is 23.0 Å². The van der Waals surface area contributed by atoms with Crippen LogP contribution in [0.2, 0.25) is 0 Å². The van der Waals surface area contributed by atoms with Crippen LogP contribution >= 0.6 is 0 Å². The van der Waals surface area contributed by atoms with Crippen molar-refractivity contribution >= 4 is 27.5 Å². The van der Waals surface area contributed by atoms with Gasteiger partial charge in [-0.2, -0.15) is 0 Å². The fourth-order valence-electron chi connectivity index (χ4n) is 4.09. The van der Waals surface area contributed by atoms with E-state index in [0.29, 0.717) is 18.0 Å². The third-order valence-electron chi connectivity index (χ3n) is 6.47. The Morgan fingerprint density at radius 1 is 0.925 bits per heavy atom. The van der Waals surface area contributed by atoms with Crippen molar-refractivity contribution in [2.75, 3.05) is 31.6 Å². The van der Waals surface area contributed by atoms with Gasteiger partial charge in [0, 0.05) is 13.1 Å². The fourth-order valence-corrected chi connectivity index (χ4v) is 5.52. The molecule has 9 nitrogen and oxygen atoms in total. The van der Waals surface area contributed by atoms with Crippen LogP contribution in [-0.4, -0.2) is 58.5 Å². The van der Waals surface area contributed by atoms with Crippen LogP contribution in [0.4, 0.5) is 5.69 Å². The van der Waals surface area contributed by atoms with Crippen LogP contribution < -0.4 is 19.1 Å². The van der Waals surface area contributed by atoms with Gasteiger partial charge < -0.3 is 19.7 Å². The molecule has 0 saturated carbocycles. The SMILES string of the molecule is CCCNC(=O)[C@H](C)N(Cc1ccc(OC)cc1)C(=O)CN(c1ccccc1OC)S(=O)(=O)c1ccc(C)cc1. The number of hydrogen-bond acceptors (Lipinski definition) is 6. The Morgan fingerprint density at radius 2 is 1.57 bits per heavy atom. The predicted molar refractivity (Wildman–Crippen MR) is 155 cm³/mol. The normalized spacial score (nSPS) is 11.8. The van der Waals surface area contributed by atoms with Crippen molar-refractivity contribution in [2.24, 2.45) is 0 Å². The molecule has 2 amide bonds. The first-order chi connectivity index (χ1) is 19.1. The second kappa shape index (κ2) is 13.8. The summed E-state index contributed by atoms with van der Waals surface area (Å²) in [6.45, 7) is 5.44. The fraction of sp³-hybridized carbons (Fsp3) is 0.333. The summed E-state index contributed by atoms with van der Waals surface area (Å²) >= 11 is 0. The maximum Gasteiger partial charge on any atom is 0.264 e. The Balaban J connectivity index is 2.04. The van der Waals surface area contributed by atoms with Gasteiger partial charge >= 0.3 is 0 Å². The van der Waals surface area contributed by atoms with Crippen molar-refractivity contribution in [3.05, 3.63) is 83.9 Å². The lowest BCUT2D eigenvalue weighted by atomic mass is 10.1. The number of nitrogens with one attached hydrogen (secondary N) is 1. The molecule has 0 fully saturated rings. The summed E-state index contributed by atoms with van der Waals surface area (Å²) in [5, 5.41) is 2.83. The van der Waals surface area contributed by atoms with Crippen LogP contribution in [-0.2, 0) is 26.2 Å². The number of aryl methyl sites for hydroxylation is 1. The van der Waals surface area contributed by atoms with Gasteiger partial charge in [0.15, 0.2) is 0 Å². The van der Waals surface area contributed by atoms with E-state index in [2.05, 4.69) is 5.32 Å². The lowest BCUT2D eigenvalue weighted by molar-refractivity contribution is -0.139. The molecule has 0 unspecified atom stereocenters. The van der Waals surface area contributed by atoms with Crippen molar-refractivity contribution < 1.29 is 27.5 Å². The molecule has 1 N–H and O–H groups in total. The molecule has 10 heteroatoms. The van der Waals surface area contributed by atoms with E-state index in [1.54, 1.807) is 74.7 Å². The molecule has 0 heterocycles. The number of carbonyl (C=O) groups is 2. The maximum absolute atomic E-state index is 14.0. The molecule has 1 atom stereocenters. The molecular formula is C30H37N3O6S. The summed E-state index contributed by atoms with van der Waals surface area (Å²) < 4.78 is 39.6. The number of nitrogens with zero attached hydrogens (tertiary/aromatic N) is 2. The van der Waals surface area contributed by atoms with Crippen molar-refractivity contribution in [3.8, 4) is 11.5 Å². The molecular weight excluding hydrogens is 530 g/mol. The zero-order valence-electron chi connectivity index (χ0n) is 23.6. The lowest BCUT2D eigenvalue weighted by Gasteiger charge is -2.32. The predicted octanol–water partition coefficient (Wildman–Crippen LogP) is 4.15. The van der Waals surface area contributed by atoms with E-state index < -0.39 is 28.5 Å². The zero-order valence-corrected chi connectivity index (χ0v) is 24.4. The highest BCUT2D eigenvalue weighted by Crippen LogP contribution is 2.32. The van der Waals surface area contributed by atoms with E-state index in [0.717, 1.165) is 21.9 Å². The monoisotopic (exact) mass is 567 g/mol. The first-order valence-electron chi connectivity index (χ1n) is 13.0. The highest BCUT2D eigenvalue weighted by Gasteiger charge is 2.33. The first kappa shape index (κ1) is 30.5. The second-order valence-corrected chi connectivity index (χ2v) is 11.2. The van der Waals surface area contributed by atoms with E-state index in [4.69, 9.17) is 9.47 Å². The zero-order chi connectivity index (χ0) is 29.3. The number of para-hydroxylation sites is 2. The molecule has 40 heavy (non-hydrogen) atoms. The van der Waals surface area contributed by atoms with Gasteiger partial charge in [-0.05, 0) is 62.2 Å². The molecule has 3 aromatic carbocycles. The van der Waals surface area contributed by atoms with Gasteiger partial charge in [0.1, 0.15) is 24.1 Å². The van der Waals surface area contributed by atoms with E-state index in [9.17, 15) is 18.0 Å². The van der Waals surface area contributed by atoms with Crippen LogP contribution in [0.5, 0.6) is 11.5 Å². The van der Waals surface area contributed by atoms with Crippen LogP contribution in [0.1, 0.15) is 31.4 Å². The third-order valence-corrected chi connectivity index (χ3v) is 8.24. The smallest absolute Gasteiger partial charge is 0.264 e. The minimum atomic E-state index is -4.19. The second-order valence-electron chi connectivity index (χ2n) is 9.33. The Bertz CT molecular complexity index is 1390. The largest absolute Gasteiger partial charge is 0.497 e. The number of sulfonamides is 1. The van der Waals surface area contributed by atoms with E-state index in [1.807, 2.05) is 13.8 Å². The summed E-state index contributed by atoms with van der Waals surface area (Å²) in [6.07, 6.45) is 0.737. The van der Waals surface area contributed by atoms with Crippen molar-refractivity contribution in [3.63, 3.8) is 0 Å². The molecule has 0 aliphatic heterocycles. The van der Waals surface area contributed by atoms with Gasteiger partial charge in [0.05, 0.1) is 24.8 Å². The Hall–Kier alpha value is -4.05. The average molecular weight is 568 g/mol. The Kier molecular flexibility index (Phi) is 10.6. The number of methoxy groups -OCH3 is 2. The average Bonchev–Trinajstić information content (AvgIpc) is 2.97. The van der Waals surface area contributed by atoms with Gasteiger partial charge in [-0.25, -0.2) is 8.42 Å². The van der Waals surface area contributed by atoms with Crippen LogP contribution in [0.25, 0.3) is 0 Å². The minimum absolute atomic E-state index is 0.0345. The number of rotatable bonds is 13. The summed E-state index contributed by atoms with van der Waals surface area (Å²) in [4.78, 5) is 28.4. The van der Waals surface area contributed by atoms with Crippen LogP contribution in [0.15, 0.2) is 77.7 Å². The van der Waals surface area contributed by atoms with Gasteiger partial charge in [-0.3, -0.25) is 13.9 Å². The van der Waals surface area contributed by atoms with E-state index in [1.165, 1.54) is 24.1 Å². The van der Waals surface area contributed by atoms with Crippen molar-refractivity contribution in [2.45, 2.75) is 44.7 Å². The molecule has 0 spiro atoms. The molecule has 214 valence electrons. The number of anilines is 1. The van der Waals surface area contributed by atoms with Gasteiger partial charge in [0.2, 0.25) is 11.8 Å². The third kappa shape index (κ3) is 7.32. The molecule has 0 bridgehead atoms. The number of ether oxygens (including phenoxy) is 2. The molecule has 0 aromatic heterocycles. The highest BCUT2D eigenvalue weighted by atomic mass is 32.2. The summed E-state index contributed by atoms with van der Waals surface area (Å²) in [5.74, 6) is 0.0776. The molecule has 3 aromatic rings. The number of amides is 2. The quantitative estimate of drug-likeness (QED) is 0.333. The molecule has 0 radical (unpaired) electrons. The van der Waals surface area contributed by atoms with Gasteiger partial charge in [-0.15, -0.1) is 0 Å². The lowest BCUT2D eigenvalue weighted by Crippen LogP contribution is -2.51. The highest BCUT2D eigenvalue weighted by molar-refractivity contribution is 7.92. The number of benzene rings is 3. The minimum Gasteiger partial charge on any atom is -0.497 e. The molecule has 0 aliphatic carbocycles. The van der Waals surface area contributed by atoms with E-state index >= 15 is 0 Å². The van der Waals surface area contributed by atoms with Gasteiger partial charge in [0.25, 0.3) is 10.0 Å². The Labute approximate surface area is 236 Å². The summed E-state index contributed by atoms with van der Waals surface area (Å²) in [5.41, 5.74) is 1.87. The van der Waals surface area contributed by atoms with Gasteiger partial charge in [-0.1, -0.05) is 48.9 Å². The van der Waals surface area contributed by atoms with Crippen molar-refractivity contribution in [1.82, 2.24) is 10.2 Å². The molecule has 0 aliphatic rings. The topological polar surface area (TPSA) is 105 Å². The summed E-state index contributed by atoms with van der Waals surface area (Å²) in [6, 6.07) is 19.3. The van der Waals surface area contributed by atoms with Crippen molar-refractivity contribution in [1.29, 1.82) is 0 Å². The number of carbonyl (C=O) groups excluding carboxylic acids is 2. The summed E-state index contributed by atoms with van der Waals surface area (Å²) in [7, 11) is -1.19. The number of hydrogen-bond donors (Lipinski definition) is 1.